The van der Waals surface area contributed by atoms with Crippen LogP contribution in [0.2, 0.25) is 0 Å². The van der Waals surface area contributed by atoms with E-state index >= 15 is 0 Å². The molecule has 2 rings (SSSR count). The van der Waals surface area contributed by atoms with Gasteiger partial charge in [0.1, 0.15) is 0 Å². The van der Waals surface area contributed by atoms with E-state index in [-0.39, 0.29) is 24.8 Å². The van der Waals surface area contributed by atoms with Gasteiger partial charge in [-0.25, -0.2) is 0 Å². The standard InChI is InChI=1S/C12H9BrClNO.2ClH/c13-11-7-9(12(14)16)3-4-10(11)8-15-5-1-2-6-15;;/h1-7H,8H2;2*1H. The van der Waals surface area contributed by atoms with Crippen LogP contribution in [0.25, 0.3) is 0 Å². The van der Waals surface area contributed by atoms with E-state index in [9.17, 15) is 4.79 Å². The number of carbonyl (C=O) groups is 1. The van der Waals surface area contributed by atoms with Crippen LogP contribution in [0.4, 0.5) is 0 Å². The molecule has 0 aliphatic heterocycles. The summed E-state index contributed by atoms with van der Waals surface area (Å²) in [6.07, 6.45) is 3.99. The minimum absolute atomic E-state index is 0. The second-order valence-corrected chi connectivity index (χ2v) is 4.63. The second-order valence-electron chi connectivity index (χ2n) is 3.44. The highest BCUT2D eigenvalue weighted by Crippen LogP contribution is 2.20. The van der Waals surface area contributed by atoms with Crippen LogP contribution >= 0.6 is 52.3 Å². The highest BCUT2D eigenvalue weighted by Gasteiger charge is 2.06. The van der Waals surface area contributed by atoms with Gasteiger partial charge in [0, 0.05) is 29.0 Å². The molecule has 1 heterocycles. The van der Waals surface area contributed by atoms with Gasteiger partial charge in [0.2, 0.25) is 0 Å². The molecular weight excluding hydrogens is 360 g/mol. The van der Waals surface area contributed by atoms with Crippen molar-refractivity contribution >= 4 is 57.6 Å². The topological polar surface area (TPSA) is 22.0 Å². The zero-order valence-corrected chi connectivity index (χ0v) is 13.2. The Bertz CT molecular complexity index is 514. The summed E-state index contributed by atoms with van der Waals surface area (Å²) in [5.41, 5.74) is 1.61. The van der Waals surface area contributed by atoms with Gasteiger partial charge in [0.25, 0.3) is 5.24 Å². The molecule has 0 amide bonds. The predicted octanol–water partition coefficient (Wildman–Crippen LogP) is 4.52. The fraction of sp³-hybridized carbons (Fsp3) is 0.0833. The third-order valence-corrected chi connectivity index (χ3v) is 3.26. The summed E-state index contributed by atoms with van der Waals surface area (Å²) in [5.74, 6) is 0. The third-order valence-electron chi connectivity index (χ3n) is 2.30. The van der Waals surface area contributed by atoms with Crippen molar-refractivity contribution < 1.29 is 4.79 Å². The van der Waals surface area contributed by atoms with Crippen LogP contribution in [0.1, 0.15) is 15.9 Å². The Morgan fingerprint density at radius 1 is 1.22 bits per heavy atom. The Morgan fingerprint density at radius 2 is 1.83 bits per heavy atom. The monoisotopic (exact) mass is 369 g/mol. The molecule has 0 aliphatic carbocycles. The second kappa shape index (κ2) is 7.85. The van der Waals surface area contributed by atoms with Crippen LogP contribution in [0.3, 0.4) is 0 Å². The summed E-state index contributed by atoms with van der Waals surface area (Å²) in [7, 11) is 0. The molecular formula is C12H11BrCl3NO. The van der Waals surface area contributed by atoms with Crippen molar-refractivity contribution in [2.24, 2.45) is 0 Å². The number of benzene rings is 1. The number of halogens is 4. The highest BCUT2D eigenvalue weighted by atomic mass is 79.9. The molecule has 0 N–H and O–H groups in total. The largest absolute Gasteiger partial charge is 0.350 e. The van der Waals surface area contributed by atoms with Gasteiger partial charge in [-0.15, -0.1) is 24.8 Å². The van der Waals surface area contributed by atoms with E-state index in [1.165, 1.54) is 0 Å². The van der Waals surface area contributed by atoms with Crippen LogP contribution in [0.5, 0.6) is 0 Å². The molecule has 0 bridgehead atoms. The molecule has 0 aliphatic rings. The van der Waals surface area contributed by atoms with Crippen LogP contribution in [0, 0.1) is 0 Å². The zero-order chi connectivity index (χ0) is 11.5. The van der Waals surface area contributed by atoms with Gasteiger partial charge < -0.3 is 4.57 Å². The summed E-state index contributed by atoms with van der Waals surface area (Å²) in [6.45, 7) is 0.768. The molecule has 0 spiro atoms. The first-order valence-corrected chi connectivity index (χ1v) is 5.93. The maximum atomic E-state index is 11.0. The summed E-state index contributed by atoms with van der Waals surface area (Å²) in [5, 5.41) is -0.437. The van der Waals surface area contributed by atoms with Crippen LogP contribution in [0.15, 0.2) is 47.2 Å². The van der Waals surface area contributed by atoms with Gasteiger partial charge >= 0.3 is 0 Å². The van der Waals surface area contributed by atoms with Crippen LogP contribution in [-0.2, 0) is 6.54 Å². The maximum Gasteiger partial charge on any atom is 0.252 e. The Hall–Kier alpha value is -0.480. The Kier molecular flexibility index (Phi) is 7.64. The molecule has 0 radical (unpaired) electrons. The first-order valence-electron chi connectivity index (χ1n) is 4.76. The van der Waals surface area contributed by atoms with Crippen molar-refractivity contribution in [1.29, 1.82) is 0 Å². The number of hydrogen-bond acceptors (Lipinski definition) is 1. The van der Waals surface area contributed by atoms with Crippen molar-refractivity contribution in [3.05, 3.63) is 58.3 Å². The molecule has 18 heavy (non-hydrogen) atoms. The highest BCUT2D eigenvalue weighted by molar-refractivity contribution is 9.10. The smallest absolute Gasteiger partial charge is 0.252 e. The molecule has 2 nitrogen and oxygen atoms in total. The molecule has 0 saturated carbocycles. The third kappa shape index (κ3) is 4.32. The Balaban J connectivity index is 0.00000144. The van der Waals surface area contributed by atoms with E-state index in [1.807, 2.05) is 30.6 Å². The summed E-state index contributed by atoms with van der Waals surface area (Å²) < 4.78 is 2.95. The number of aromatic nitrogens is 1. The van der Waals surface area contributed by atoms with E-state index < -0.39 is 5.24 Å². The van der Waals surface area contributed by atoms with Gasteiger partial charge in [0.15, 0.2) is 0 Å². The van der Waals surface area contributed by atoms with Crippen molar-refractivity contribution in [1.82, 2.24) is 4.57 Å². The number of rotatable bonds is 3. The van der Waals surface area contributed by atoms with Gasteiger partial charge in [-0.2, -0.15) is 0 Å². The predicted molar refractivity (Wildman–Crippen MR) is 82.4 cm³/mol. The van der Waals surface area contributed by atoms with Crippen molar-refractivity contribution in [2.75, 3.05) is 0 Å². The Labute approximate surface area is 131 Å². The summed E-state index contributed by atoms with van der Waals surface area (Å²) >= 11 is 8.84. The molecule has 0 atom stereocenters. The van der Waals surface area contributed by atoms with Crippen molar-refractivity contribution in [3.8, 4) is 0 Å². The normalized spacial score (nSPS) is 9.22. The van der Waals surface area contributed by atoms with E-state index in [2.05, 4.69) is 20.5 Å². The first kappa shape index (κ1) is 17.5. The van der Waals surface area contributed by atoms with Crippen molar-refractivity contribution in [3.63, 3.8) is 0 Å². The first-order chi connectivity index (χ1) is 7.66. The Morgan fingerprint density at radius 3 is 2.33 bits per heavy atom. The molecule has 1 aromatic carbocycles. The number of carbonyl (C=O) groups excluding carboxylic acids is 1. The van der Waals surface area contributed by atoms with Crippen molar-refractivity contribution in [2.45, 2.75) is 6.54 Å². The van der Waals surface area contributed by atoms with E-state index in [1.54, 1.807) is 12.1 Å². The molecule has 0 fully saturated rings. The fourth-order valence-electron chi connectivity index (χ4n) is 1.47. The fourth-order valence-corrected chi connectivity index (χ4v) is 2.09. The van der Waals surface area contributed by atoms with Gasteiger partial charge in [0.05, 0.1) is 0 Å². The van der Waals surface area contributed by atoms with E-state index in [4.69, 9.17) is 11.6 Å². The zero-order valence-electron chi connectivity index (χ0n) is 9.18. The van der Waals surface area contributed by atoms with E-state index in [0.29, 0.717) is 5.56 Å². The minimum Gasteiger partial charge on any atom is -0.350 e. The maximum absolute atomic E-state index is 11.0. The average molecular weight is 371 g/mol. The summed E-state index contributed by atoms with van der Waals surface area (Å²) in [4.78, 5) is 11.0. The van der Waals surface area contributed by atoms with Gasteiger partial charge in [-0.1, -0.05) is 22.0 Å². The average Bonchev–Trinajstić information content (AvgIpc) is 2.73. The molecule has 6 heteroatoms. The summed E-state index contributed by atoms with van der Waals surface area (Å²) in [6, 6.07) is 9.34. The number of nitrogens with zero attached hydrogens (tertiary/aromatic N) is 1. The lowest BCUT2D eigenvalue weighted by Gasteiger charge is -2.06. The SMILES string of the molecule is Cl.Cl.O=C(Cl)c1ccc(Cn2cccc2)c(Br)c1. The van der Waals surface area contributed by atoms with Gasteiger partial charge in [-0.05, 0) is 41.4 Å². The molecule has 1 aromatic heterocycles. The molecule has 0 unspecified atom stereocenters. The quantitative estimate of drug-likeness (QED) is 0.727. The molecule has 98 valence electrons. The molecule has 0 saturated heterocycles. The lowest BCUT2D eigenvalue weighted by atomic mass is 10.1. The minimum atomic E-state index is -0.437. The number of hydrogen-bond donors (Lipinski definition) is 0. The van der Waals surface area contributed by atoms with Crippen LogP contribution in [-0.4, -0.2) is 9.81 Å². The molecule has 2 aromatic rings. The van der Waals surface area contributed by atoms with Crippen LogP contribution < -0.4 is 0 Å². The van der Waals surface area contributed by atoms with E-state index in [0.717, 1.165) is 16.6 Å². The van der Waals surface area contributed by atoms with Gasteiger partial charge in [-0.3, -0.25) is 4.79 Å². The lowest BCUT2D eigenvalue weighted by molar-refractivity contribution is 0.108. The lowest BCUT2D eigenvalue weighted by Crippen LogP contribution is -1.98.